The van der Waals surface area contributed by atoms with Gasteiger partial charge in [-0.1, -0.05) is 0 Å². The zero-order valence-corrected chi connectivity index (χ0v) is 9.25. The second-order valence-electron chi connectivity index (χ2n) is 4.23. The Morgan fingerprint density at radius 2 is 2.23 bits per heavy atom. The van der Waals surface area contributed by atoms with Crippen molar-refractivity contribution in [1.82, 2.24) is 4.90 Å². The summed E-state index contributed by atoms with van der Waals surface area (Å²) in [6, 6.07) is 0.720. The molecule has 0 saturated carbocycles. The topological polar surface area (TPSA) is 12.5 Å². The maximum atomic E-state index is 5.37. The van der Waals surface area contributed by atoms with Crippen LogP contribution in [0.25, 0.3) is 0 Å². The van der Waals surface area contributed by atoms with Gasteiger partial charge in [0.2, 0.25) is 0 Å². The molecule has 1 saturated heterocycles. The molecule has 1 unspecified atom stereocenters. The molecular weight excluding hydrogens is 162 g/mol. The molecule has 1 aliphatic rings. The third-order valence-electron chi connectivity index (χ3n) is 2.92. The van der Waals surface area contributed by atoms with Gasteiger partial charge in [-0.05, 0) is 46.1 Å². The lowest BCUT2D eigenvalue weighted by atomic mass is 10.1. The Balaban J connectivity index is 2.10. The van der Waals surface area contributed by atoms with Gasteiger partial charge in [-0.25, -0.2) is 0 Å². The molecule has 1 aliphatic heterocycles. The van der Waals surface area contributed by atoms with Crippen molar-refractivity contribution in [2.24, 2.45) is 5.92 Å². The van der Waals surface area contributed by atoms with Gasteiger partial charge in [-0.3, -0.25) is 0 Å². The molecule has 1 atom stereocenters. The largest absolute Gasteiger partial charge is 0.382 e. The van der Waals surface area contributed by atoms with Crippen LogP contribution in [-0.4, -0.2) is 37.2 Å². The highest BCUT2D eigenvalue weighted by Crippen LogP contribution is 2.21. The second kappa shape index (κ2) is 5.61. The van der Waals surface area contributed by atoms with Gasteiger partial charge in [-0.2, -0.15) is 0 Å². The van der Waals surface area contributed by atoms with Crippen LogP contribution >= 0.6 is 0 Å². The minimum Gasteiger partial charge on any atom is -0.382 e. The Morgan fingerprint density at radius 3 is 2.77 bits per heavy atom. The van der Waals surface area contributed by atoms with Crippen LogP contribution in [0.5, 0.6) is 0 Å². The molecule has 0 aliphatic carbocycles. The van der Waals surface area contributed by atoms with Crippen molar-refractivity contribution >= 4 is 0 Å². The van der Waals surface area contributed by atoms with E-state index >= 15 is 0 Å². The van der Waals surface area contributed by atoms with Gasteiger partial charge in [0.15, 0.2) is 0 Å². The normalized spacial score (nSPS) is 24.5. The molecular formula is C11H23NO. The first-order valence-corrected chi connectivity index (χ1v) is 5.55. The molecule has 13 heavy (non-hydrogen) atoms. The first-order chi connectivity index (χ1) is 6.24. The molecule has 0 radical (unpaired) electrons. The van der Waals surface area contributed by atoms with Crippen molar-refractivity contribution < 1.29 is 4.74 Å². The van der Waals surface area contributed by atoms with Crippen LogP contribution in [0.15, 0.2) is 0 Å². The Hall–Kier alpha value is -0.0800. The van der Waals surface area contributed by atoms with Crippen LogP contribution in [0.2, 0.25) is 0 Å². The second-order valence-corrected chi connectivity index (χ2v) is 4.23. The van der Waals surface area contributed by atoms with Crippen molar-refractivity contribution in [3.05, 3.63) is 0 Å². The van der Waals surface area contributed by atoms with Crippen LogP contribution in [0.3, 0.4) is 0 Å². The fourth-order valence-electron chi connectivity index (χ4n) is 1.96. The van der Waals surface area contributed by atoms with Gasteiger partial charge in [-0.15, -0.1) is 0 Å². The minimum absolute atomic E-state index is 0.720. The van der Waals surface area contributed by atoms with Gasteiger partial charge in [0.05, 0.1) is 0 Å². The van der Waals surface area contributed by atoms with Crippen LogP contribution in [-0.2, 0) is 4.74 Å². The molecule has 0 bridgehead atoms. The Kier molecular flexibility index (Phi) is 4.74. The number of hydrogen-bond donors (Lipinski definition) is 0. The third-order valence-corrected chi connectivity index (χ3v) is 2.92. The fourth-order valence-corrected chi connectivity index (χ4v) is 1.96. The minimum atomic E-state index is 0.720. The average Bonchev–Trinajstić information content (AvgIpc) is 2.53. The standard InChI is InChI=1S/C11H23NO/c1-4-13-8-6-11-5-7-12(9-11)10(2)3/h10-11H,4-9H2,1-3H3. The van der Waals surface area contributed by atoms with E-state index in [1.807, 2.05) is 0 Å². The SMILES string of the molecule is CCOCCC1CCN(C(C)C)C1. The lowest BCUT2D eigenvalue weighted by molar-refractivity contribution is 0.131. The molecule has 0 aromatic heterocycles. The Labute approximate surface area is 82.3 Å². The van der Waals surface area contributed by atoms with Gasteiger partial charge >= 0.3 is 0 Å². The van der Waals surface area contributed by atoms with E-state index in [0.717, 1.165) is 25.2 Å². The maximum Gasteiger partial charge on any atom is 0.0469 e. The van der Waals surface area contributed by atoms with Gasteiger partial charge in [0, 0.05) is 25.8 Å². The maximum absolute atomic E-state index is 5.37. The smallest absolute Gasteiger partial charge is 0.0469 e. The summed E-state index contributed by atoms with van der Waals surface area (Å²) in [5, 5.41) is 0. The van der Waals surface area contributed by atoms with Crippen molar-refractivity contribution in [3.63, 3.8) is 0 Å². The number of ether oxygens (including phenoxy) is 1. The van der Waals surface area contributed by atoms with E-state index < -0.39 is 0 Å². The molecule has 1 fully saturated rings. The zero-order chi connectivity index (χ0) is 9.68. The molecule has 0 N–H and O–H groups in total. The Bertz CT molecular complexity index is 136. The van der Waals surface area contributed by atoms with Crippen LogP contribution in [0, 0.1) is 5.92 Å². The fraction of sp³-hybridized carbons (Fsp3) is 1.00. The third kappa shape index (κ3) is 3.65. The number of likely N-dealkylation sites (tertiary alicyclic amines) is 1. The number of rotatable bonds is 5. The Morgan fingerprint density at radius 1 is 1.46 bits per heavy atom. The predicted molar refractivity (Wildman–Crippen MR) is 55.9 cm³/mol. The number of hydrogen-bond acceptors (Lipinski definition) is 2. The first kappa shape index (κ1) is 11.0. The van der Waals surface area contributed by atoms with E-state index in [-0.39, 0.29) is 0 Å². The molecule has 2 heteroatoms. The highest BCUT2D eigenvalue weighted by Gasteiger charge is 2.23. The summed E-state index contributed by atoms with van der Waals surface area (Å²) in [4.78, 5) is 2.57. The lowest BCUT2D eigenvalue weighted by Gasteiger charge is -2.20. The summed E-state index contributed by atoms with van der Waals surface area (Å²) in [6.45, 7) is 11.0. The molecule has 78 valence electrons. The highest BCUT2D eigenvalue weighted by molar-refractivity contribution is 4.77. The van der Waals surface area contributed by atoms with E-state index in [2.05, 4.69) is 25.7 Å². The molecule has 0 aromatic rings. The van der Waals surface area contributed by atoms with Crippen molar-refractivity contribution in [2.45, 2.75) is 39.7 Å². The summed E-state index contributed by atoms with van der Waals surface area (Å²) in [5.74, 6) is 0.883. The van der Waals surface area contributed by atoms with Gasteiger partial charge in [0.25, 0.3) is 0 Å². The average molecular weight is 185 g/mol. The van der Waals surface area contributed by atoms with E-state index in [9.17, 15) is 0 Å². The van der Waals surface area contributed by atoms with E-state index in [0.29, 0.717) is 0 Å². The quantitative estimate of drug-likeness (QED) is 0.608. The van der Waals surface area contributed by atoms with Gasteiger partial charge in [0.1, 0.15) is 0 Å². The highest BCUT2D eigenvalue weighted by atomic mass is 16.5. The van der Waals surface area contributed by atoms with Crippen molar-refractivity contribution in [3.8, 4) is 0 Å². The molecule has 1 rings (SSSR count). The summed E-state index contributed by atoms with van der Waals surface area (Å²) in [6.07, 6.45) is 2.61. The summed E-state index contributed by atoms with van der Waals surface area (Å²) >= 11 is 0. The summed E-state index contributed by atoms with van der Waals surface area (Å²) < 4.78 is 5.37. The zero-order valence-electron chi connectivity index (χ0n) is 9.25. The van der Waals surface area contributed by atoms with E-state index in [4.69, 9.17) is 4.74 Å². The monoisotopic (exact) mass is 185 g/mol. The molecule has 2 nitrogen and oxygen atoms in total. The lowest BCUT2D eigenvalue weighted by Crippen LogP contribution is -2.28. The molecule has 0 spiro atoms. The molecule has 0 aromatic carbocycles. The number of nitrogens with zero attached hydrogens (tertiary/aromatic N) is 1. The predicted octanol–water partition coefficient (Wildman–Crippen LogP) is 2.14. The summed E-state index contributed by atoms with van der Waals surface area (Å²) in [5.41, 5.74) is 0. The van der Waals surface area contributed by atoms with Crippen LogP contribution in [0.4, 0.5) is 0 Å². The van der Waals surface area contributed by atoms with Crippen LogP contribution in [0.1, 0.15) is 33.6 Å². The summed E-state index contributed by atoms with van der Waals surface area (Å²) in [7, 11) is 0. The van der Waals surface area contributed by atoms with Crippen LogP contribution < -0.4 is 0 Å². The van der Waals surface area contributed by atoms with Crippen molar-refractivity contribution in [1.29, 1.82) is 0 Å². The van der Waals surface area contributed by atoms with E-state index in [1.165, 1.54) is 25.9 Å². The van der Waals surface area contributed by atoms with Crippen molar-refractivity contribution in [2.75, 3.05) is 26.3 Å². The molecule has 0 amide bonds. The molecule has 1 heterocycles. The van der Waals surface area contributed by atoms with E-state index in [1.54, 1.807) is 0 Å². The van der Waals surface area contributed by atoms with Gasteiger partial charge < -0.3 is 9.64 Å². The first-order valence-electron chi connectivity index (χ1n) is 5.55.